The Morgan fingerprint density at radius 3 is 2.50 bits per heavy atom. The number of nitrogens with zero attached hydrogens (tertiary/aromatic N) is 5. The molecule has 2 unspecified atom stereocenters. The molecule has 6 rings (SSSR count). The normalized spacial score (nSPS) is 25.1. The number of thioether (sulfide) groups is 1. The molecule has 0 spiro atoms. The van der Waals surface area contributed by atoms with Crippen LogP contribution < -0.4 is 0 Å². The molecule has 15 heteroatoms. The Balaban J connectivity index is 1.25. The van der Waals surface area contributed by atoms with Crippen LogP contribution in [-0.4, -0.2) is 107 Å². The monoisotopic (exact) mass is 691 g/mol. The molecule has 3 aliphatic heterocycles. The molecule has 0 amide bonds. The molecule has 0 bridgehead atoms. The Bertz CT molecular complexity index is 1510. The zero-order chi connectivity index (χ0) is 32.9. The van der Waals surface area contributed by atoms with Gasteiger partial charge in [-0.2, -0.15) is 22.6 Å². The van der Waals surface area contributed by atoms with Crippen molar-refractivity contribution in [2.75, 3.05) is 57.8 Å². The number of piperidine rings is 1. The lowest BCUT2D eigenvalue weighted by Crippen LogP contribution is -2.43. The molecule has 256 valence electrons. The zero-order valence-corrected chi connectivity index (χ0v) is 27.6. The summed E-state index contributed by atoms with van der Waals surface area (Å²) < 4.78 is 97.9. The number of likely N-dealkylation sites (tertiary alicyclic amines) is 2. The predicted octanol–water partition coefficient (Wildman–Crippen LogP) is 4.80. The molecule has 46 heavy (non-hydrogen) atoms. The molecule has 4 aliphatic rings. The van der Waals surface area contributed by atoms with Gasteiger partial charge in [0.25, 0.3) is 5.92 Å². The third kappa shape index (κ3) is 7.75. The minimum absolute atomic E-state index is 0.0295. The van der Waals surface area contributed by atoms with Gasteiger partial charge in [0.15, 0.2) is 0 Å². The third-order valence-corrected chi connectivity index (χ3v) is 12.2. The Labute approximate surface area is 271 Å². The second-order valence-electron chi connectivity index (χ2n) is 13.4. The van der Waals surface area contributed by atoms with Gasteiger partial charge in [0, 0.05) is 79.6 Å². The fourth-order valence-corrected chi connectivity index (χ4v) is 9.62. The van der Waals surface area contributed by atoms with E-state index in [4.69, 9.17) is 5.10 Å². The standard InChI is InChI=1S/C31H42F5N5O3S2/c1-46(43,44)40-11-8-27-25(19-40)29(37-41(27)18-24(42)17-39-15-22-4-2-5-23(22)16-39)21-6-7-26(31(34,35)36)28(14-21)45-13-12-38-10-3-9-30(32,33)20-38/h6-7,14,22-24,42H,2-5,8-13,15-20H2,1H3/t22?,23?,24-/m0/s1. The predicted molar refractivity (Wildman–Crippen MR) is 166 cm³/mol. The van der Waals surface area contributed by atoms with Crippen molar-refractivity contribution in [1.29, 1.82) is 0 Å². The highest BCUT2D eigenvalue weighted by molar-refractivity contribution is 7.99. The van der Waals surface area contributed by atoms with E-state index in [1.807, 2.05) is 0 Å². The van der Waals surface area contributed by atoms with Crippen LogP contribution in [0.5, 0.6) is 0 Å². The SMILES string of the molecule is CS(=O)(=O)N1CCc2c(c(-c3ccc(C(F)(F)F)c(SCCN4CCCC(F)(F)C4)c3)nn2C[C@@H](O)CN2CC3CCCC3C2)C1. The first-order valence-corrected chi connectivity index (χ1v) is 18.9. The fraction of sp³-hybridized carbons (Fsp3) is 0.710. The average Bonchev–Trinajstić information content (AvgIpc) is 3.65. The maximum absolute atomic E-state index is 14.1. The fourth-order valence-electron chi connectivity index (χ4n) is 7.71. The summed E-state index contributed by atoms with van der Waals surface area (Å²) in [7, 11) is -3.54. The van der Waals surface area contributed by atoms with Gasteiger partial charge in [-0.15, -0.1) is 11.8 Å². The summed E-state index contributed by atoms with van der Waals surface area (Å²) in [6, 6.07) is 3.78. The lowest BCUT2D eigenvalue weighted by Gasteiger charge is -2.32. The molecular weight excluding hydrogens is 649 g/mol. The van der Waals surface area contributed by atoms with Gasteiger partial charge in [-0.1, -0.05) is 12.5 Å². The Kier molecular flexibility index (Phi) is 9.83. The third-order valence-electron chi connectivity index (χ3n) is 9.92. The molecule has 3 fully saturated rings. The summed E-state index contributed by atoms with van der Waals surface area (Å²) in [6.07, 6.45) is 0.0273. The number of aliphatic hydroxyl groups is 1. The molecule has 1 aromatic carbocycles. The van der Waals surface area contributed by atoms with Crippen LogP contribution in [-0.2, 0) is 35.7 Å². The molecule has 2 aromatic rings. The topological polar surface area (TPSA) is 81.9 Å². The zero-order valence-electron chi connectivity index (χ0n) is 26.0. The van der Waals surface area contributed by atoms with E-state index in [2.05, 4.69) is 4.90 Å². The molecule has 1 N–H and O–H groups in total. The second kappa shape index (κ2) is 13.3. The number of hydrogen-bond acceptors (Lipinski definition) is 7. The molecule has 0 radical (unpaired) electrons. The molecule has 1 aromatic heterocycles. The summed E-state index contributed by atoms with van der Waals surface area (Å²) >= 11 is 0.968. The molecule has 4 heterocycles. The number of fused-ring (bicyclic) bond motifs is 2. The van der Waals surface area contributed by atoms with Gasteiger partial charge in [-0.05, 0) is 49.8 Å². The minimum Gasteiger partial charge on any atom is -0.390 e. The summed E-state index contributed by atoms with van der Waals surface area (Å²) in [5.41, 5.74) is 1.37. The molecule has 8 nitrogen and oxygen atoms in total. The van der Waals surface area contributed by atoms with Crippen molar-refractivity contribution in [1.82, 2.24) is 23.9 Å². The molecule has 3 atom stereocenters. The van der Waals surface area contributed by atoms with Crippen LogP contribution in [0.25, 0.3) is 11.3 Å². The van der Waals surface area contributed by atoms with Crippen LogP contribution in [0.3, 0.4) is 0 Å². The number of alkyl halides is 5. The molecule has 2 saturated heterocycles. The van der Waals surface area contributed by atoms with Gasteiger partial charge in [-0.3, -0.25) is 9.58 Å². The van der Waals surface area contributed by atoms with Gasteiger partial charge >= 0.3 is 6.18 Å². The summed E-state index contributed by atoms with van der Waals surface area (Å²) in [6.45, 7) is 3.21. The Morgan fingerprint density at radius 2 is 1.83 bits per heavy atom. The number of halogens is 5. The van der Waals surface area contributed by atoms with Gasteiger partial charge in [-0.25, -0.2) is 17.2 Å². The van der Waals surface area contributed by atoms with Crippen molar-refractivity contribution in [3.05, 3.63) is 35.0 Å². The van der Waals surface area contributed by atoms with E-state index in [1.165, 1.54) is 35.7 Å². The minimum atomic E-state index is -4.62. The van der Waals surface area contributed by atoms with Gasteiger partial charge in [0.2, 0.25) is 10.0 Å². The van der Waals surface area contributed by atoms with Crippen LogP contribution >= 0.6 is 11.8 Å². The number of benzene rings is 1. The van der Waals surface area contributed by atoms with E-state index in [0.717, 1.165) is 42.9 Å². The first kappa shape index (κ1) is 34.1. The van der Waals surface area contributed by atoms with E-state index in [9.17, 15) is 35.5 Å². The second-order valence-corrected chi connectivity index (χ2v) is 16.5. The summed E-state index contributed by atoms with van der Waals surface area (Å²) in [4.78, 5) is 3.85. The van der Waals surface area contributed by atoms with Crippen LogP contribution in [0, 0.1) is 11.8 Å². The van der Waals surface area contributed by atoms with E-state index >= 15 is 0 Å². The van der Waals surface area contributed by atoms with Crippen molar-refractivity contribution in [2.24, 2.45) is 11.8 Å². The van der Waals surface area contributed by atoms with Gasteiger partial charge in [0.05, 0.1) is 36.7 Å². The van der Waals surface area contributed by atoms with Gasteiger partial charge < -0.3 is 10.0 Å². The van der Waals surface area contributed by atoms with Crippen molar-refractivity contribution in [3.63, 3.8) is 0 Å². The molecule has 1 saturated carbocycles. The highest BCUT2D eigenvalue weighted by Crippen LogP contribution is 2.41. The lowest BCUT2D eigenvalue weighted by atomic mass is 10.0. The average molecular weight is 692 g/mol. The lowest BCUT2D eigenvalue weighted by molar-refractivity contribution is -0.139. The number of hydrogen-bond donors (Lipinski definition) is 1. The number of sulfonamides is 1. The number of aromatic nitrogens is 2. The van der Waals surface area contributed by atoms with Crippen molar-refractivity contribution in [2.45, 2.75) is 74.7 Å². The van der Waals surface area contributed by atoms with Crippen LogP contribution in [0.1, 0.15) is 48.9 Å². The maximum atomic E-state index is 14.1. The first-order chi connectivity index (χ1) is 21.7. The van der Waals surface area contributed by atoms with Gasteiger partial charge in [0.1, 0.15) is 0 Å². The highest BCUT2D eigenvalue weighted by atomic mass is 32.2. The number of β-amino-alcohol motifs (C(OH)–C–C–N with tert-alkyl or cyclic N) is 1. The highest BCUT2D eigenvalue weighted by Gasteiger charge is 2.38. The number of aliphatic hydroxyl groups excluding tert-OH is 1. The quantitative estimate of drug-likeness (QED) is 0.283. The van der Waals surface area contributed by atoms with E-state index < -0.39 is 40.3 Å². The van der Waals surface area contributed by atoms with E-state index in [0.29, 0.717) is 54.6 Å². The van der Waals surface area contributed by atoms with Crippen LogP contribution in [0.2, 0.25) is 0 Å². The Hall–Kier alpha value is -1.78. The van der Waals surface area contributed by atoms with E-state index in [1.54, 1.807) is 9.58 Å². The maximum Gasteiger partial charge on any atom is 0.417 e. The Morgan fingerprint density at radius 1 is 1.09 bits per heavy atom. The molecule has 1 aliphatic carbocycles. The van der Waals surface area contributed by atoms with Crippen molar-refractivity contribution < 1.29 is 35.5 Å². The van der Waals surface area contributed by atoms with E-state index in [-0.39, 0.29) is 43.2 Å². The first-order valence-electron chi connectivity index (χ1n) is 16.0. The van der Waals surface area contributed by atoms with Crippen molar-refractivity contribution in [3.8, 4) is 11.3 Å². The largest absolute Gasteiger partial charge is 0.417 e. The summed E-state index contributed by atoms with van der Waals surface area (Å²) in [5, 5.41) is 15.9. The van der Waals surface area contributed by atoms with Crippen LogP contribution in [0.15, 0.2) is 23.1 Å². The molecular formula is C31H42F5N5O3S2. The summed E-state index contributed by atoms with van der Waals surface area (Å²) in [5.74, 6) is -1.23. The smallest absolute Gasteiger partial charge is 0.390 e. The van der Waals surface area contributed by atoms with Crippen LogP contribution in [0.4, 0.5) is 22.0 Å². The van der Waals surface area contributed by atoms with Crippen molar-refractivity contribution >= 4 is 21.8 Å². The number of rotatable bonds is 10.